The third kappa shape index (κ3) is 4.13. The van der Waals surface area contributed by atoms with Crippen LogP contribution in [0.3, 0.4) is 0 Å². The molecule has 19 heavy (non-hydrogen) atoms. The number of benzene rings is 1. The van der Waals surface area contributed by atoms with E-state index in [1.165, 1.54) is 22.3 Å². The first-order chi connectivity index (χ1) is 9.15. The van der Waals surface area contributed by atoms with Crippen LogP contribution in [0.2, 0.25) is 0 Å². The molecule has 0 radical (unpaired) electrons. The zero-order chi connectivity index (χ0) is 14.3. The van der Waals surface area contributed by atoms with Gasteiger partial charge < -0.3 is 5.73 Å². The zero-order valence-electron chi connectivity index (χ0n) is 12.5. The molecule has 1 heteroatoms. The van der Waals surface area contributed by atoms with Crippen LogP contribution in [0.5, 0.6) is 0 Å². The molecule has 1 rings (SSSR count). The Morgan fingerprint density at radius 2 is 1.79 bits per heavy atom. The minimum absolute atomic E-state index is 1.01. The summed E-state index contributed by atoms with van der Waals surface area (Å²) in [6.07, 6.45) is 8.11. The van der Waals surface area contributed by atoms with Crippen molar-refractivity contribution in [1.29, 1.82) is 0 Å². The molecule has 0 spiro atoms. The van der Waals surface area contributed by atoms with Crippen LogP contribution >= 0.6 is 0 Å². The van der Waals surface area contributed by atoms with E-state index >= 15 is 0 Å². The number of aryl methyl sites for hydroxylation is 1. The molecule has 0 saturated heterocycles. The van der Waals surface area contributed by atoms with Crippen LogP contribution in [0.4, 0.5) is 0 Å². The van der Waals surface area contributed by atoms with Crippen LogP contribution in [0, 0.1) is 0 Å². The number of hydrogen-bond acceptors (Lipinski definition) is 1. The predicted molar refractivity (Wildman–Crippen MR) is 85.8 cm³/mol. The Bertz CT molecular complexity index is 487. The molecular formula is C18H25N. The van der Waals surface area contributed by atoms with Gasteiger partial charge in [0.2, 0.25) is 0 Å². The van der Waals surface area contributed by atoms with Gasteiger partial charge in [-0.15, -0.1) is 0 Å². The average molecular weight is 255 g/mol. The molecule has 0 atom stereocenters. The molecule has 102 valence electrons. The maximum absolute atomic E-state index is 5.79. The van der Waals surface area contributed by atoms with E-state index in [1.807, 2.05) is 0 Å². The van der Waals surface area contributed by atoms with Gasteiger partial charge in [-0.3, -0.25) is 0 Å². The van der Waals surface area contributed by atoms with E-state index in [0.717, 1.165) is 18.4 Å². The van der Waals surface area contributed by atoms with E-state index < -0.39 is 0 Å². The van der Waals surface area contributed by atoms with Crippen molar-refractivity contribution < 1.29 is 0 Å². The van der Waals surface area contributed by atoms with Gasteiger partial charge in [-0.2, -0.15) is 0 Å². The van der Waals surface area contributed by atoms with Crippen LogP contribution in [-0.2, 0) is 6.42 Å². The Balaban J connectivity index is 3.10. The van der Waals surface area contributed by atoms with E-state index in [9.17, 15) is 0 Å². The first-order valence-electron chi connectivity index (χ1n) is 7.01. The van der Waals surface area contributed by atoms with Crippen molar-refractivity contribution in [3.05, 3.63) is 64.9 Å². The van der Waals surface area contributed by atoms with Gasteiger partial charge in [-0.05, 0) is 55.0 Å². The standard InChI is InChI=1S/C18H25N/c1-5-14(4)16(7-3)12-18(13-19)17-10-8-15(6-2)9-11-17/h5,8-13H,6-7,19H2,1-4H3/b14-5-,16-12+,18-13+. The van der Waals surface area contributed by atoms with Crippen LogP contribution < -0.4 is 5.73 Å². The van der Waals surface area contributed by atoms with Crippen LogP contribution in [0.15, 0.2) is 53.8 Å². The Hall–Kier alpha value is -1.76. The summed E-state index contributed by atoms with van der Waals surface area (Å²) in [5.41, 5.74) is 12.0. The monoisotopic (exact) mass is 255 g/mol. The summed E-state index contributed by atoms with van der Waals surface area (Å²) in [7, 11) is 0. The van der Waals surface area contributed by atoms with Gasteiger partial charge in [0.05, 0.1) is 0 Å². The Morgan fingerprint density at radius 3 is 2.21 bits per heavy atom. The van der Waals surface area contributed by atoms with Crippen molar-refractivity contribution in [3.8, 4) is 0 Å². The fourth-order valence-corrected chi connectivity index (χ4v) is 2.03. The number of hydrogen-bond donors (Lipinski definition) is 1. The van der Waals surface area contributed by atoms with E-state index in [-0.39, 0.29) is 0 Å². The molecule has 0 aliphatic carbocycles. The first-order valence-corrected chi connectivity index (χ1v) is 7.01. The second-order valence-corrected chi connectivity index (χ2v) is 4.67. The van der Waals surface area contributed by atoms with E-state index in [4.69, 9.17) is 5.73 Å². The summed E-state index contributed by atoms with van der Waals surface area (Å²) >= 11 is 0. The largest absolute Gasteiger partial charge is 0.404 e. The highest BCUT2D eigenvalue weighted by Crippen LogP contribution is 2.22. The molecular weight excluding hydrogens is 230 g/mol. The van der Waals surface area contributed by atoms with Crippen LogP contribution in [0.1, 0.15) is 45.2 Å². The normalized spacial score (nSPS) is 13.8. The molecule has 0 unspecified atom stereocenters. The SMILES string of the molecule is C\C=C(C)/C(=C/C(=C\N)c1ccc(CC)cc1)CC. The highest BCUT2D eigenvalue weighted by atomic mass is 14.5. The topological polar surface area (TPSA) is 26.0 Å². The maximum atomic E-state index is 5.79. The van der Waals surface area contributed by atoms with Crippen molar-refractivity contribution in [2.75, 3.05) is 0 Å². The number of allylic oxidation sites excluding steroid dienone is 5. The van der Waals surface area contributed by atoms with Crippen molar-refractivity contribution >= 4 is 5.57 Å². The van der Waals surface area contributed by atoms with E-state index in [0.29, 0.717) is 0 Å². The number of rotatable bonds is 5. The molecule has 0 fully saturated rings. The summed E-state index contributed by atoms with van der Waals surface area (Å²) < 4.78 is 0. The summed E-state index contributed by atoms with van der Waals surface area (Å²) in [6.45, 7) is 8.55. The average Bonchev–Trinajstić information content (AvgIpc) is 2.48. The quantitative estimate of drug-likeness (QED) is 0.748. The Kier molecular flexibility index (Phi) is 6.14. The van der Waals surface area contributed by atoms with Crippen molar-refractivity contribution in [2.45, 2.75) is 40.5 Å². The summed E-state index contributed by atoms with van der Waals surface area (Å²) in [6, 6.07) is 8.63. The molecule has 0 heterocycles. The molecule has 1 aromatic rings. The smallest absolute Gasteiger partial charge is 0.00176 e. The molecule has 2 N–H and O–H groups in total. The lowest BCUT2D eigenvalue weighted by Crippen LogP contribution is -1.91. The molecule has 0 aromatic heterocycles. The zero-order valence-corrected chi connectivity index (χ0v) is 12.5. The summed E-state index contributed by atoms with van der Waals surface area (Å²) in [4.78, 5) is 0. The fraction of sp³-hybridized carbons (Fsp3) is 0.333. The van der Waals surface area contributed by atoms with Crippen molar-refractivity contribution in [1.82, 2.24) is 0 Å². The highest BCUT2D eigenvalue weighted by molar-refractivity contribution is 5.75. The second kappa shape index (κ2) is 7.63. The first kappa shape index (κ1) is 15.3. The molecule has 0 amide bonds. The lowest BCUT2D eigenvalue weighted by atomic mass is 9.97. The van der Waals surface area contributed by atoms with Gasteiger partial charge in [-0.1, -0.05) is 49.8 Å². The Morgan fingerprint density at radius 1 is 1.16 bits per heavy atom. The molecule has 1 nitrogen and oxygen atoms in total. The lowest BCUT2D eigenvalue weighted by molar-refractivity contribution is 1.10. The van der Waals surface area contributed by atoms with Gasteiger partial charge >= 0.3 is 0 Å². The lowest BCUT2D eigenvalue weighted by Gasteiger charge is -2.08. The van der Waals surface area contributed by atoms with Crippen LogP contribution in [-0.4, -0.2) is 0 Å². The van der Waals surface area contributed by atoms with Gasteiger partial charge in [0.25, 0.3) is 0 Å². The predicted octanol–water partition coefficient (Wildman–Crippen LogP) is 4.85. The van der Waals surface area contributed by atoms with Gasteiger partial charge in [0.15, 0.2) is 0 Å². The fourth-order valence-electron chi connectivity index (χ4n) is 2.03. The third-order valence-corrected chi connectivity index (χ3v) is 3.53. The Labute approximate surface area is 117 Å². The molecule has 0 aliphatic heterocycles. The van der Waals surface area contributed by atoms with Crippen molar-refractivity contribution in [3.63, 3.8) is 0 Å². The van der Waals surface area contributed by atoms with Crippen molar-refractivity contribution in [2.24, 2.45) is 5.73 Å². The maximum Gasteiger partial charge on any atom is 0.00176 e. The number of nitrogens with two attached hydrogens (primary N) is 1. The molecule has 1 aromatic carbocycles. The molecule has 0 aliphatic rings. The minimum Gasteiger partial charge on any atom is -0.404 e. The third-order valence-electron chi connectivity index (χ3n) is 3.53. The minimum atomic E-state index is 1.01. The van der Waals surface area contributed by atoms with Gasteiger partial charge in [0, 0.05) is 6.20 Å². The summed E-state index contributed by atoms with van der Waals surface area (Å²) in [5.74, 6) is 0. The molecule has 0 saturated carbocycles. The van der Waals surface area contributed by atoms with E-state index in [1.54, 1.807) is 6.20 Å². The highest BCUT2D eigenvalue weighted by Gasteiger charge is 2.02. The second-order valence-electron chi connectivity index (χ2n) is 4.67. The van der Waals surface area contributed by atoms with Gasteiger partial charge in [-0.25, -0.2) is 0 Å². The van der Waals surface area contributed by atoms with E-state index in [2.05, 4.69) is 64.1 Å². The molecule has 0 bridgehead atoms. The summed E-state index contributed by atoms with van der Waals surface area (Å²) in [5, 5.41) is 0. The van der Waals surface area contributed by atoms with Crippen LogP contribution in [0.25, 0.3) is 5.57 Å². The van der Waals surface area contributed by atoms with Gasteiger partial charge in [0.1, 0.15) is 0 Å².